The molecule has 0 bridgehead atoms. The maximum Gasteiger partial charge on any atom is 0.278 e. The Kier molecular flexibility index (Phi) is 4.25. The Labute approximate surface area is 158 Å². The molecule has 3 aromatic rings. The third-order valence-corrected chi connectivity index (χ3v) is 4.85. The lowest BCUT2D eigenvalue weighted by Crippen LogP contribution is -2.26. The van der Waals surface area contributed by atoms with Crippen LogP contribution < -0.4 is 5.56 Å². The van der Waals surface area contributed by atoms with E-state index < -0.39 is 16.6 Å². The average Bonchev–Trinajstić information content (AvgIpc) is 3.05. The minimum Gasteiger partial charge on any atom is -0.381 e. The summed E-state index contributed by atoms with van der Waals surface area (Å²) in [6.45, 7) is 0.128. The van der Waals surface area contributed by atoms with Gasteiger partial charge in [-0.3, -0.25) is 14.9 Å². The van der Waals surface area contributed by atoms with Crippen molar-refractivity contribution in [1.29, 1.82) is 0 Å². The van der Waals surface area contributed by atoms with Crippen molar-refractivity contribution in [3.8, 4) is 11.4 Å². The fraction of sp³-hybridized carbons (Fsp3) is 0.211. The van der Waals surface area contributed by atoms with Crippen LogP contribution >= 0.6 is 0 Å². The van der Waals surface area contributed by atoms with Crippen LogP contribution in [0.5, 0.6) is 0 Å². The van der Waals surface area contributed by atoms with Crippen LogP contribution in [0, 0.1) is 10.1 Å². The van der Waals surface area contributed by atoms with Gasteiger partial charge >= 0.3 is 0 Å². The normalized spacial score (nSPS) is 13.2. The van der Waals surface area contributed by atoms with Crippen molar-refractivity contribution in [3.63, 3.8) is 0 Å². The molecule has 0 aliphatic carbocycles. The van der Waals surface area contributed by atoms with Crippen molar-refractivity contribution >= 4 is 22.9 Å². The molecule has 9 nitrogen and oxygen atoms in total. The van der Waals surface area contributed by atoms with Crippen LogP contribution in [-0.4, -0.2) is 33.0 Å². The number of carbonyl (C=O) groups is 1. The number of ether oxygens (including phenoxy) is 1. The number of non-ortho nitro benzene ring substituents is 1. The lowest BCUT2D eigenvalue weighted by molar-refractivity contribution is -0.383. The van der Waals surface area contributed by atoms with E-state index in [0.717, 1.165) is 0 Å². The Balaban J connectivity index is 1.99. The summed E-state index contributed by atoms with van der Waals surface area (Å²) in [5, 5.41) is 21.7. The van der Waals surface area contributed by atoms with Crippen LogP contribution in [0.4, 0.5) is 5.69 Å². The molecule has 4 rings (SSSR count). The number of hydrogen-bond acceptors (Lipinski definition) is 7. The molecule has 1 atom stereocenters. The highest BCUT2D eigenvalue weighted by atomic mass is 16.6. The first-order valence-electron chi connectivity index (χ1n) is 8.42. The highest BCUT2D eigenvalue weighted by Crippen LogP contribution is 2.35. The van der Waals surface area contributed by atoms with Crippen LogP contribution in [0.2, 0.25) is 0 Å². The minimum atomic E-state index is -1.46. The van der Waals surface area contributed by atoms with E-state index in [-0.39, 0.29) is 30.0 Å². The van der Waals surface area contributed by atoms with Crippen molar-refractivity contribution in [1.82, 2.24) is 9.55 Å². The average molecular weight is 381 g/mol. The Hall–Kier alpha value is -3.43. The first-order valence-corrected chi connectivity index (χ1v) is 8.42. The zero-order chi connectivity index (χ0) is 20.0. The number of nitro groups is 1. The Morgan fingerprint density at radius 3 is 2.89 bits per heavy atom. The molecule has 28 heavy (non-hydrogen) atoms. The van der Waals surface area contributed by atoms with E-state index in [1.165, 1.54) is 17.7 Å². The van der Waals surface area contributed by atoms with Gasteiger partial charge in [0.15, 0.2) is 6.29 Å². The number of carbonyl (C=O) groups excluding carboxylic acids is 1. The quantitative estimate of drug-likeness (QED) is 0.317. The SMILES string of the molecule is COCc1c(C(O)C=O)cc2n(c1=O)Cc1cc3c([N+](=O)[O-])cccc3nc1-2. The summed E-state index contributed by atoms with van der Waals surface area (Å²) in [5.41, 5.74) is 1.92. The van der Waals surface area contributed by atoms with Crippen LogP contribution in [0.25, 0.3) is 22.3 Å². The fourth-order valence-corrected chi connectivity index (χ4v) is 3.58. The molecular weight excluding hydrogens is 366 g/mol. The summed E-state index contributed by atoms with van der Waals surface area (Å²) in [7, 11) is 1.41. The number of aliphatic hydroxyl groups excluding tert-OH is 1. The Morgan fingerprint density at radius 1 is 1.43 bits per heavy atom. The van der Waals surface area contributed by atoms with E-state index in [9.17, 15) is 24.8 Å². The smallest absolute Gasteiger partial charge is 0.278 e. The topological polar surface area (TPSA) is 125 Å². The molecule has 3 heterocycles. The Bertz CT molecular complexity index is 1200. The number of hydrogen-bond donors (Lipinski definition) is 1. The maximum atomic E-state index is 12.9. The summed E-state index contributed by atoms with van der Waals surface area (Å²) in [4.78, 5) is 39.4. The van der Waals surface area contributed by atoms with E-state index in [2.05, 4.69) is 4.98 Å². The van der Waals surface area contributed by atoms with Crippen LogP contribution in [-0.2, 0) is 22.7 Å². The number of aldehydes is 1. The van der Waals surface area contributed by atoms with E-state index in [1.54, 1.807) is 24.3 Å². The number of nitro benzene ring substituents is 1. The summed E-state index contributed by atoms with van der Waals surface area (Å²) < 4.78 is 6.53. The number of methoxy groups -OCH3 is 1. The second kappa shape index (κ2) is 6.63. The summed E-state index contributed by atoms with van der Waals surface area (Å²) in [5.74, 6) is 0. The second-order valence-electron chi connectivity index (χ2n) is 6.47. The highest BCUT2D eigenvalue weighted by molar-refractivity contribution is 5.91. The molecular formula is C19H15N3O6. The summed E-state index contributed by atoms with van der Waals surface area (Å²) in [6.07, 6.45) is -1.12. The van der Waals surface area contributed by atoms with E-state index >= 15 is 0 Å². The molecule has 1 unspecified atom stereocenters. The standard InChI is InChI=1S/C19H15N3O6/c1-28-9-13-11(17(24)8-23)6-16-18-10(7-21(16)19(13)25)5-12-14(20-18)3-2-4-15(12)22(26)27/h2-6,8,17,24H,7,9H2,1H3. The Morgan fingerprint density at radius 2 is 2.21 bits per heavy atom. The van der Waals surface area contributed by atoms with Crippen LogP contribution in [0.3, 0.4) is 0 Å². The predicted octanol–water partition coefficient (Wildman–Crippen LogP) is 1.71. The van der Waals surface area contributed by atoms with Crippen LogP contribution in [0.1, 0.15) is 22.8 Å². The van der Waals surface area contributed by atoms with Gasteiger partial charge in [-0.15, -0.1) is 0 Å². The number of benzene rings is 1. The molecule has 1 aromatic carbocycles. The first kappa shape index (κ1) is 18.0. The zero-order valence-corrected chi connectivity index (χ0v) is 14.8. The molecule has 142 valence electrons. The van der Waals surface area contributed by atoms with Gasteiger partial charge in [-0.25, -0.2) is 4.98 Å². The van der Waals surface area contributed by atoms with Crippen molar-refractivity contribution < 1.29 is 19.6 Å². The molecule has 0 fully saturated rings. The highest BCUT2D eigenvalue weighted by Gasteiger charge is 2.28. The van der Waals surface area contributed by atoms with E-state index in [4.69, 9.17) is 4.74 Å². The van der Waals surface area contributed by atoms with Crippen molar-refractivity contribution in [3.05, 3.63) is 67.5 Å². The van der Waals surface area contributed by atoms with Gasteiger partial charge in [0, 0.05) is 29.9 Å². The van der Waals surface area contributed by atoms with Gasteiger partial charge in [0.1, 0.15) is 6.10 Å². The van der Waals surface area contributed by atoms with Gasteiger partial charge in [-0.05, 0) is 18.2 Å². The fourth-order valence-electron chi connectivity index (χ4n) is 3.58. The van der Waals surface area contributed by atoms with Gasteiger partial charge < -0.3 is 19.2 Å². The monoisotopic (exact) mass is 381 g/mol. The minimum absolute atomic E-state index is 0.0590. The molecule has 0 saturated carbocycles. The first-order chi connectivity index (χ1) is 13.5. The molecule has 2 aromatic heterocycles. The number of aromatic nitrogens is 2. The van der Waals surface area contributed by atoms with E-state index in [0.29, 0.717) is 34.1 Å². The molecule has 0 saturated heterocycles. The lowest BCUT2D eigenvalue weighted by Gasteiger charge is -2.14. The number of nitrogens with zero attached hydrogens (tertiary/aromatic N) is 3. The molecule has 9 heteroatoms. The van der Waals surface area contributed by atoms with Crippen molar-refractivity contribution in [2.75, 3.05) is 7.11 Å². The third kappa shape index (κ3) is 2.60. The molecule has 1 N–H and O–H groups in total. The lowest BCUT2D eigenvalue weighted by atomic mass is 10.0. The summed E-state index contributed by atoms with van der Waals surface area (Å²) in [6, 6.07) is 7.82. The molecule has 0 radical (unpaired) electrons. The number of aliphatic hydroxyl groups is 1. The molecule has 1 aliphatic rings. The van der Waals surface area contributed by atoms with Gasteiger partial charge in [0.2, 0.25) is 0 Å². The molecule has 1 aliphatic heterocycles. The number of pyridine rings is 2. The molecule has 0 amide bonds. The van der Waals surface area contributed by atoms with Crippen LogP contribution in [0.15, 0.2) is 35.1 Å². The zero-order valence-electron chi connectivity index (χ0n) is 14.8. The van der Waals surface area contributed by atoms with Crippen molar-refractivity contribution in [2.24, 2.45) is 0 Å². The van der Waals surface area contributed by atoms with Crippen molar-refractivity contribution in [2.45, 2.75) is 19.3 Å². The predicted molar refractivity (Wildman–Crippen MR) is 98.9 cm³/mol. The number of rotatable bonds is 5. The second-order valence-corrected chi connectivity index (χ2v) is 6.47. The largest absolute Gasteiger partial charge is 0.381 e. The van der Waals surface area contributed by atoms with Gasteiger partial charge in [0.25, 0.3) is 11.2 Å². The van der Waals surface area contributed by atoms with Gasteiger partial charge in [0.05, 0.1) is 40.4 Å². The van der Waals surface area contributed by atoms with Gasteiger partial charge in [-0.1, -0.05) is 6.07 Å². The maximum absolute atomic E-state index is 12.9. The third-order valence-electron chi connectivity index (χ3n) is 4.85. The van der Waals surface area contributed by atoms with Gasteiger partial charge in [-0.2, -0.15) is 0 Å². The summed E-state index contributed by atoms with van der Waals surface area (Å²) >= 11 is 0. The van der Waals surface area contributed by atoms with E-state index in [1.807, 2.05) is 0 Å². The number of fused-ring (bicyclic) bond motifs is 4. The molecule has 0 spiro atoms.